The Kier molecular flexibility index (Phi) is 3.71. The molecule has 0 aliphatic rings. The zero-order valence-electron chi connectivity index (χ0n) is 9.58. The highest BCUT2D eigenvalue weighted by Crippen LogP contribution is 2.32. The summed E-state index contributed by atoms with van der Waals surface area (Å²) in [7, 11) is 0. The number of nitrogens with two attached hydrogens (primary N) is 1. The van der Waals surface area contributed by atoms with Crippen LogP contribution in [0.4, 0.5) is 39.0 Å². The fourth-order valence-corrected chi connectivity index (χ4v) is 1.65. The summed E-state index contributed by atoms with van der Waals surface area (Å²) < 4.78 is 66.0. The van der Waals surface area contributed by atoms with Crippen molar-refractivity contribution < 1.29 is 22.0 Å². The molecule has 0 aromatic heterocycles. The van der Waals surface area contributed by atoms with Crippen LogP contribution in [0.3, 0.4) is 0 Å². The second kappa shape index (κ2) is 5.16. The van der Waals surface area contributed by atoms with Crippen LogP contribution in [0.5, 0.6) is 0 Å². The molecule has 2 aromatic rings. The molecule has 0 saturated carbocycles. The summed E-state index contributed by atoms with van der Waals surface area (Å²) in [5, 5.41) is 1.68. The molecule has 2 rings (SSSR count). The third kappa shape index (κ3) is 2.49. The fraction of sp³-hybridized carbons (Fsp3) is 0. The van der Waals surface area contributed by atoms with Crippen LogP contribution in [-0.4, -0.2) is 0 Å². The number of anilines is 3. The molecule has 2 aromatic carbocycles. The molecule has 8 heteroatoms. The number of hydrogen-bond donors (Lipinski definition) is 2. The molecule has 20 heavy (non-hydrogen) atoms. The summed E-state index contributed by atoms with van der Waals surface area (Å²) in [6.45, 7) is 0. The Hall–Kier alpha value is -2.02. The Labute approximate surface area is 115 Å². The molecular weight excluding hydrogens is 303 g/mol. The molecule has 0 unspecified atom stereocenters. The molecule has 0 atom stereocenters. The van der Waals surface area contributed by atoms with Crippen molar-refractivity contribution in [1.29, 1.82) is 0 Å². The molecule has 0 radical (unpaired) electrons. The van der Waals surface area contributed by atoms with E-state index in [0.717, 1.165) is 12.1 Å². The Morgan fingerprint density at radius 3 is 1.95 bits per heavy atom. The van der Waals surface area contributed by atoms with E-state index in [1.807, 2.05) is 0 Å². The first kappa shape index (κ1) is 14.4. The highest BCUT2D eigenvalue weighted by Gasteiger charge is 2.20. The molecule has 0 amide bonds. The number of rotatable bonds is 2. The van der Waals surface area contributed by atoms with Crippen LogP contribution in [0.1, 0.15) is 0 Å². The smallest absolute Gasteiger partial charge is 0.185 e. The molecule has 0 fully saturated rings. The Morgan fingerprint density at radius 2 is 1.40 bits per heavy atom. The van der Waals surface area contributed by atoms with Crippen LogP contribution in [0.2, 0.25) is 5.02 Å². The summed E-state index contributed by atoms with van der Waals surface area (Å²) in [6.07, 6.45) is 0. The Balaban J connectivity index is 2.53. The van der Waals surface area contributed by atoms with Gasteiger partial charge in [0.2, 0.25) is 0 Å². The third-order valence-electron chi connectivity index (χ3n) is 2.46. The van der Waals surface area contributed by atoms with Crippen molar-refractivity contribution in [2.24, 2.45) is 0 Å². The average molecular weight is 309 g/mol. The molecular formula is C12H6ClF5N2. The van der Waals surface area contributed by atoms with Gasteiger partial charge in [-0.05, 0) is 6.07 Å². The minimum Gasteiger partial charge on any atom is -0.397 e. The van der Waals surface area contributed by atoms with Crippen LogP contribution < -0.4 is 11.1 Å². The Bertz CT molecular complexity index is 664. The van der Waals surface area contributed by atoms with E-state index in [2.05, 4.69) is 5.32 Å². The van der Waals surface area contributed by atoms with Crippen LogP contribution >= 0.6 is 11.6 Å². The summed E-state index contributed by atoms with van der Waals surface area (Å²) >= 11 is 5.49. The van der Waals surface area contributed by atoms with Crippen molar-refractivity contribution in [3.8, 4) is 0 Å². The minimum atomic E-state index is -1.64. The minimum absolute atomic E-state index is 0.0663. The topological polar surface area (TPSA) is 38.0 Å². The summed E-state index contributed by atoms with van der Waals surface area (Å²) in [5.41, 5.74) is 3.90. The fourth-order valence-electron chi connectivity index (χ4n) is 1.49. The molecule has 0 bridgehead atoms. The zero-order valence-corrected chi connectivity index (χ0v) is 10.3. The van der Waals surface area contributed by atoms with Gasteiger partial charge in [-0.1, -0.05) is 11.6 Å². The van der Waals surface area contributed by atoms with E-state index in [-0.39, 0.29) is 22.5 Å². The second-order valence-electron chi connectivity index (χ2n) is 3.82. The van der Waals surface area contributed by atoms with Gasteiger partial charge in [0.05, 0.1) is 16.4 Å². The molecule has 0 aliphatic heterocycles. The first-order valence-electron chi connectivity index (χ1n) is 5.15. The molecule has 0 saturated heterocycles. The van der Waals surface area contributed by atoms with Gasteiger partial charge in [-0.2, -0.15) is 0 Å². The molecule has 0 spiro atoms. The maximum Gasteiger partial charge on any atom is 0.185 e. The van der Waals surface area contributed by atoms with Gasteiger partial charge in [0.25, 0.3) is 0 Å². The molecule has 3 N–H and O–H groups in total. The lowest BCUT2D eigenvalue weighted by Gasteiger charge is -2.12. The van der Waals surface area contributed by atoms with Crippen LogP contribution in [0.15, 0.2) is 18.2 Å². The standard InChI is InChI=1S/C12H6ClF5N2/c13-4-1-9(8(19)3-5(4)14)20-12-10(17)6(15)2-7(16)11(12)18/h1-3,20H,19H2. The summed E-state index contributed by atoms with van der Waals surface area (Å²) in [4.78, 5) is 0. The van der Waals surface area contributed by atoms with Crippen LogP contribution in [-0.2, 0) is 0 Å². The number of hydrogen-bond acceptors (Lipinski definition) is 2. The lowest BCUT2D eigenvalue weighted by Crippen LogP contribution is -2.05. The van der Waals surface area contributed by atoms with E-state index >= 15 is 0 Å². The summed E-state index contributed by atoms with van der Waals surface area (Å²) in [6, 6.07) is 1.81. The van der Waals surface area contributed by atoms with Gasteiger partial charge in [0.1, 0.15) is 11.5 Å². The first-order valence-corrected chi connectivity index (χ1v) is 5.53. The normalized spacial score (nSPS) is 10.7. The van der Waals surface area contributed by atoms with Crippen molar-refractivity contribution in [2.75, 3.05) is 11.1 Å². The van der Waals surface area contributed by atoms with Gasteiger partial charge in [-0.15, -0.1) is 0 Å². The van der Waals surface area contributed by atoms with Gasteiger partial charge in [0, 0.05) is 12.1 Å². The van der Waals surface area contributed by atoms with Crippen molar-refractivity contribution >= 4 is 28.7 Å². The van der Waals surface area contributed by atoms with E-state index in [1.165, 1.54) is 0 Å². The number of benzene rings is 2. The maximum absolute atomic E-state index is 13.4. The highest BCUT2D eigenvalue weighted by molar-refractivity contribution is 6.31. The van der Waals surface area contributed by atoms with E-state index in [1.54, 1.807) is 0 Å². The van der Waals surface area contributed by atoms with Crippen LogP contribution in [0, 0.1) is 29.1 Å². The van der Waals surface area contributed by atoms with Gasteiger partial charge < -0.3 is 11.1 Å². The van der Waals surface area contributed by atoms with Gasteiger partial charge in [0.15, 0.2) is 23.3 Å². The van der Waals surface area contributed by atoms with Crippen molar-refractivity contribution in [2.45, 2.75) is 0 Å². The highest BCUT2D eigenvalue weighted by atomic mass is 35.5. The van der Waals surface area contributed by atoms with Crippen molar-refractivity contribution in [3.63, 3.8) is 0 Å². The zero-order chi connectivity index (χ0) is 15.0. The largest absolute Gasteiger partial charge is 0.397 e. The van der Waals surface area contributed by atoms with E-state index in [0.29, 0.717) is 0 Å². The van der Waals surface area contributed by atoms with Gasteiger partial charge in [-0.3, -0.25) is 0 Å². The predicted octanol–water partition coefficient (Wildman–Crippen LogP) is 4.36. The number of nitrogen functional groups attached to an aromatic ring is 1. The predicted molar refractivity (Wildman–Crippen MR) is 65.4 cm³/mol. The quantitative estimate of drug-likeness (QED) is 0.491. The number of nitrogens with one attached hydrogen (secondary N) is 1. The maximum atomic E-state index is 13.4. The SMILES string of the molecule is Nc1cc(F)c(Cl)cc1Nc1c(F)c(F)cc(F)c1F. The third-order valence-corrected chi connectivity index (χ3v) is 2.75. The van der Waals surface area contributed by atoms with Gasteiger partial charge >= 0.3 is 0 Å². The molecule has 0 heterocycles. The lowest BCUT2D eigenvalue weighted by atomic mass is 10.2. The molecule has 106 valence electrons. The first-order chi connectivity index (χ1) is 9.31. The summed E-state index contributed by atoms with van der Waals surface area (Å²) in [5.74, 6) is -7.29. The van der Waals surface area contributed by atoms with E-state index in [4.69, 9.17) is 17.3 Å². The Morgan fingerprint density at radius 1 is 0.850 bits per heavy atom. The average Bonchev–Trinajstić information content (AvgIpc) is 2.38. The van der Waals surface area contributed by atoms with E-state index < -0.39 is 34.8 Å². The molecule has 2 nitrogen and oxygen atoms in total. The monoisotopic (exact) mass is 308 g/mol. The second-order valence-corrected chi connectivity index (χ2v) is 4.23. The number of halogens is 6. The lowest BCUT2D eigenvalue weighted by molar-refractivity contribution is 0.459. The molecule has 0 aliphatic carbocycles. The van der Waals surface area contributed by atoms with Crippen molar-refractivity contribution in [1.82, 2.24) is 0 Å². The van der Waals surface area contributed by atoms with Crippen molar-refractivity contribution in [3.05, 3.63) is 52.3 Å². The van der Waals surface area contributed by atoms with Crippen LogP contribution in [0.25, 0.3) is 0 Å². The van der Waals surface area contributed by atoms with E-state index in [9.17, 15) is 22.0 Å². The van der Waals surface area contributed by atoms with Gasteiger partial charge in [-0.25, -0.2) is 22.0 Å².